The van der Waals surface area contributed by atoms with Gasteiger partial charge in [0.1, 0.15) is 11.6 Å². The number of hydrogen-bond acceptors (Lipinski definition) is 3. The molecule has 0 aromatic heterocycles. The fourth-order valence-corrected chi connectivity index (χ4v) is 1.78. The SMILES string of the molecule is N=C(N)c1cc(F)c(Oc2ccc(CCO)cc2)c(F)c1. The zero-order valence-corrected chi connectivity index (χ0v) is 11.1. The number of nitrogens with two attached hydrogens (primary N) is 1. The van der Waals surface area contributed by atoms with E-state index < -0.39 is 23.2 Å². The van der Waals surface area contributed by atoms with Crippen LogP contribution in [0.2, 0.25) is 0 Å². The van der Waals surface area contributed by atoms with Gasteiger partial charge in [0.2, 0.25) is 0 Å². The van der Waals surface area contributed by atoms with Crippen molar-refractivity contribution >= 4 is 5.84 Å². The predicted octanol–water partition coefficient (Wildman–Crippen LogP) is 2.58. The molecule has 0 spiro atoms. The fraction of sp³-hybridized carbons (Fsp3) is 0.133. The summed E-state index contributed by atoms with van der Waals surface area (Å²) in [4.78, 5) is 0. The molecule has 0 heterocycles. The summed E-state index contributed by atoms with van der Waals surface area (Å²) in [7, 11) is 0. The number of amidine groups is 1. The second-order valence-corrected chi connectivity index (χ2v) is 4.40. The van der Waals surface area contributed by atoms with E-state index in [2.05, 4.69) is 0 Å². The van der Waals surface area contributed by atoms with Crippen molar-refractivity contribution in [1.82, 2.24) is 0 Å². The molecule has 0 saturated carbocycles. The average molecular weight is 292 g/mol. The third-order valence-electron chi connectivity index (χ3n) is 2.85. The van der Waals surface area contributed by atoms with E-state index in [-0.39, 0.29) is 17.9 Å². The molecule has 0 aliphatic carbocycles. The highest BCUT2D eigenvalue weighted by atomic mass is 19.1. The van der Waals surface area contributed by atoms with Gasteiger partial charge >= 0.3 is 0 Å². The van der Waals surface area contributed by atoms with E-state index >= 15 is 0 Å². The van der Waals surface area contributed by atoms with Crippen molar-refractivity contribution in [2.45, 2.75) is 6.42 Å². The zero-order valence-electron chi connectivity index (χ0n) is 11.1. The highest BCUT2D eigenvalue weighted by Gasteiger charge is 2.14. The Morgan fingerprint density at radius 2 is 1.71 bits per heavy atom. The predicted molar refractivity (Wildman–Crippen MR) is 74.7 cm³/mol. The van der Waals surface area contributed by atoms with Gasteiger partial charge in [-0.3, -0.25) is 5.41 Å². The van der Waals surface area contributed by atoms with Crippen molar-refractivity contribution in [3.63, 3.8) is 0 Å². The molecule has 21 heavy (non-hydrogen) atoms. The van der Waals surface area contributed by atoms with Crippen molar-refractivity contribution in [2.75, 3.05) is 6.61 Å². The van der Waals surface area contributed by atoms with Gasteiger partial charge < -0.3 is 15.6 Å². The Kier molecular flexibility index (Phi) is 4.49. The number of halogens is 2. The first-order chi connectivity index (χ1) is 10.0. The molecule has 2 rings (SSSR count). The van der Waals surface area contributed by atoms with E-state index in [1.54, 1.807) is 24.3 Å². The summed E-state index contributed by atoms with van der Waals surface area (Å²) < 4.78 is 32.8. The zero-order chi connectivity index (χ0) is 15.4. The Bertz CT molecular complexity index is 634. The van der Waals surface area contributed by atoms with Crippen molar-refractivity contribution in [3.05, 3.63) is 59.2 Å². The molecule has 4 N–H and O–H groups in total. The van der Waals surface area contributed by atoms with Gasteiger partial charge in [0.15, 0.2) is 17.4 Å². The van der Waals surface area contributed by atoms with Gasteiger partial charge in [-0.05, 0) is 36.2 Å². The summed E-state index contributed by atoms with van der Waals surface area (Å²) in [6.45, 7) is 0.0238. The maximum Gasteiger partial charge on any atom is 0.198 e. The first-order valence-corrected chi connectivity index (χ1v) is 6.22. The average Bonchev–Trinajstić information content (AvgIpc) is 2.44. The fourth-order valence-electron chi connectivity index (χ4n) is 1.78. The lowest BCUT2D eigenvalue weighted by molar-refractivity contribution is 0.299. The summed E-state index contributed by atoms with van der Waals surface area (Å²) in [5, 5.41) is 16.0. The first kappa shape index (κ1) is 14.9. The van der Waals surface area contributed by atoms with Gasteiger partial charge in [-0.15, -0.1) is 0 Å². The van der Waals surface area contributed by atoms with E-state index in [1.165, 1.54) is 0 Å². The molecule has 4 nitrogen and oxygen atoms in total. The van der Waals surface area contributed by atoms with E-state index in [0.29, 0.717) is 6.42 Å². The number of benzene rings is 2. The van der Waals surface area contributed by atoms with Crippen molar-refractivity contribution < 1.29 is 18.6 Å². The van der Waals surface area contributed by atoms with Crippen LogP contribution < -0.4 is 10.5 Å². The number of hydrogen-bond donors (Lipinski definition) is 3. The van der Waals surface area contributed by atoms with Crippen LogP contribution in [0, 0.1) is 17.0 Å². The lowest BCUT2D eigenvalue weighted by atomic mass is 10.1. The Morgan fingerprint density at radius 1 is 1.14 bits per heavy atom. The molecule has 0 bridgehead atoms. The van der Waals surface area contributed by atoms with Crippen LogP contribution in [0.5, 0.6) is 11.5 Å². The highest BCUT2D eigenvalue weighted by molar-refractivity contribution is 5.95. The van der Waals surface area contributed by atoms with Crippen LogP contribution in [-0.4, -0.2) is 17.5 Å². The third-order valence-corrected chi connectivity index (χ3v) is 2.85. The van der Waals surface area contributed by atoms with Gasteiger partial charge in [-0.2, -0.15) is 0 Å². The molecule has 0 amide bonds. The lowest BCUT2D eigenvalue weighted by Gasteiger charge is -2.10. The van der Waals surface area contributed by atoms with Crippen LogP contribution in [-0.2, 0) is 6.42 Å². The number of rotatable bonds is 5. The molecule has 0 atom stereocenters. The number of aliphatic hydroxyl groups excluding tert-OH is 1. The molecule has 2 aromatic rings. The van der Waals surface area contributed by atoms with E-state index in [4.69, 9.17) is 21.0 Å². The second kappa shape index (κ2) is 6.32. The minimum absolute atomic E-state index is 0.0238. The van der Waals surface area contributed by atoms with Gasteiger partial charge in [0.05, 0.1) is 0 Å². The Morgan fingerprint density at radius 3 is 2.19 bits per heavy atom. The summed E-state index contributed by atoms with van der Waals surface area (Å²) in [6, 6.07) is 8.41. The Labute approximate surface area is 120 Å². The molecule has 2 aromatic carbocycles. The normalized spacial score (nSPS) is 10.4. The molecule has 110 valence electrons. The van der Waals surface area contributed by atoms with Crippen LogP contribution in [0.15, 0.2) is 36.4 Å². The summed E-state index contributed by atoms with van der Waals surface area (Å²) >= 11 is 0. The highest BCUT2D eigenvalue weighted by Crippen LogP contribution is 2.28. The van der Waals surface area contributed by atoms with E-state index in [9.17, 15) is 8.78 Å². The monoisotopic (exact) mass is 292 g/mol. The molecule has 0 radical (unpaired) electrons. The van der Waals surface area contributed by atoms with Crippen LogP contribution in [0.4, 0.5) is 8.78 Å². The molecule has 0 aliphatic rings. The second-order valence-electron chi connectivity index (χ2n) is 4.40. The first-order valence-electron chi connectivity index (χ1n) is 6.22. The van der Waals surface area contributed by atoms with Crippen molar-refractivity contribution in [2.24, 2.45) is 5.73 Å². The third kappa shape index (κ3) is 3.55. The summed E-state index contributed by atoms with van der Waals surface area (Å²) in [5.41, 5.74) is 6.03. The standard InChI is InChI=1S/C15H14F2N2O2/c16-12-7-10(15(18)19)8-13(17)14(12)21-11-3-1-9(2-4-11)5-6-20/h1-4,7-8,20H,5-6H2,(H3,18,19). The Balaban J connectivity index is 2.25. The van der Waals surface area contributed by atoms with Crippen molar-refractivity contribution in [3.8, 4) is 11.5 Å². The van der Waals surface area contributed by atoms with Gasteiger partial charge in [0, 0.05) is 12.2 Å². The quantitative estimate of drug-likeness (QED) is 0.585. The van der Waals surface area contributed by atoms with Gasteiger partial charge in [-0.1, -0.05) is 12.1 Å². The molecule has 0 saturated heterocycles. The molecular weight excluding hydrogens is 278 g/mol. The molecular formula is C15H14F2N2O2. The van der Waals surface area contributed by atoms with Gasteiger partial charge in [0.25, 0.3) is 0 Å². The largest absolute Gasteiger partial charge is 0.451 e. The maximum absolute atomic E-state index is 13.8. The summed E-state index contributed by atoms with van der Waals surface area (Å²) in [5.74, 6) is -2.56. The van der Waals surface area contributed by atoms with Crippen LogP contribution >= 0.6 is 0 Å². The van der Waals surface area contributed by atoms with Gasteiger partial charge in [-0.25, -0.2) is 8.78 Å². The topological polar surface area (TPSA) is 79.3 Å². The number of ether oxygens (including phenoxy) is 1. The summed E-state index contributed by atoms with van der Waals surface area (Å²) in [6.07, 6.45) is 0.496. The van der Waals surface area contributed by atoms with Crippen LogP contribution in [0.25, 0.3) is 0 Å². The van der Waals surface area contributed by atoms with Crippen LogP contribution in [0.1, 0.15) is 11.1 Å². The maximum atomic E-state index is 13.8. The smallest absolute Gasteiger partial charge is 0.198 e. The Hall–Kier alpha value is -2.47. The molecule has 6 heteroatoms. The molecule has 0 aliphatic heterocycles. The minimum Gasteiger partial charge on any atom is -0.451 e. The lowest BCUT2D eigenvalue weighted by Crippen LogP contribution is -2.12. The van der Waals surface area contributed by atoms with E-state index in [0.717, 1.165) is 17.7 Å². The number of aliphatic hydroxyl groups is 1. The molecule has 0 fully saturated rings. The minimum atomic E-state index is -0.931. The van der Waals surface area contributed by atoms with E-state index in [1.807, 2.05) is 0 Å². The molecule has 0 unspecified atom stereocenters. The number of nitrogens with one attached hydrogen (secondary N) is 1. The van der Waals surface area contributed by atoms with Crippen molar-refractivity contribution in [1.29, 1.82) is 5.41 Å². The number of nitrogen functional groups attached to an aromatic ring is 1. The van der Waals surface area contributed by atoms with Crippen LogP contribution in [0.3, 0.4) is 0 Å².